The van der Waals surface area contributed by atoms with E-state index < -0.39 is 0 Å². The monoisotopic (exact) mass is 409 g/mol. The number of hydrogen-bond donors (Lipinski definition) is 0. The first kappa shape index (κ1) is 19.6. The Bertz CT molecular complexity index is 1240. The van der Waals surface area contributed by atoms with E-state index in [9.17, 15) is 4.79 Å². The molecule has 4 heteroatoms. The van der Waals surface area contributed by atoms with E-state index in [1.165, 1.54) is 16.7 Å². The first-order valence-corrected chi connectivity index (χ1v) is 11.0. The molecule has 1 aliphatic heterocycles. The molecule has 0 radical (unpaired) electrons. The molecule has 0 unspecified atom stereocenters. The number of anilines is 1. The number of benzene rings is 3. The minimum atomic E-state index is 0.0792. The molecule has 1 fully saturated rings. The smallest absolute Gasteiger partial charge is 0.227 e. The quantitative estimate of drug-likeness (QED) is 0.438. The van der Waals surface area contributed by atoms with Gasteiger partial charge >= 0.3 is 0 Å². The molecule has 1 aliphatic rings. The Morgan fingerprint density at radius 3 is 2.55 bits per heavy atom. The Morgan fingerprint density at radius 2 is 1.77 bits per heavy atom. The molecule has 1 aromatic heterocycles. The van der Waals surface area contributed by atoms with Crippen LogP contribution in [0, 0.1) is 6.92 Å². The van der Waals surface area contributed by atoms with Crippen LogP contribution in [0.2, 0.25) is 0 Å². The maximum Gasteiger partial charge on any atom is 0.227 e. The Balaban J connectivity index is 1.50. The van der Waals surface area contributed by atoms with Gasteiger partial charge in [-0.15, -0.1) is 0 Å². The normalized spacial score (nSPS) is 16.4. The van der Waals surface area contributed by atoms with Gasteiger partial charge in [-0.25, -0.2) is 4.98 Å². The lowest BCUT2D eigenvalue weighted by atomic mass is 10.1. The third-order valence-corrected chi connectivity index (χ3v) is 6.25. The van der Waals surface area contributed by atoms with Gasteiger partial charge in [-0.3, -0.25) is 4.79 Å². The fourth-order valence-corrected chi connectivity index (χ4v) is 4.61. The number of nitrogens with zero attached hydrogens (tertiary/aromatic N) is 3. The van der Waals surface area contributed by atoms with Crippen molar-refractivity contribution >= 4 is 22.6 Å². The maximum absolute atomic E-state index is 12.9. The molecule has 0 N–H and O–H groups in total. The number of amides is 1. The summed E-state index contributed by atoms with van der Waals surface area (Å²) in [5.74, 6) is 1.25. The number of aryl methyl sites for hydroxylation is 2. The second kappa shape index (κ2) is 8.03. The van der Waals surface area contributed by atoms with Gasteiger partial charge in [0.25, 0.3) is 0 Å². The van der Waals surface area contributed by atoms with Crippen molar-refractivity contribution in [3.05, 3.63) is 95.3 Å². The molecule has 0 aliphatic carbocycles. The van der Waals surface area contributed by atoms with Gasteiger partial charge < -0.3 is 9.47 Å². The summed E-state index contributed by atoms with van der Waals surface area (Å²) in [5.41, 5.74) is 6.88. The summed E-state index contributed by atoms with van der Waals surface area (Å²) in [5, 5.41) is 0. The molecular formula is C27H27N3O. The number of aromatic nitrogens is 2. The molecule has 1 amide bonds. The summed E-state index contributed by atoms with van der Waals surface area (Å²) in [6.07, 6.45) is 1.49. The molecule has 0 spiro atoms. The fraction of sp³-hybridized carbons (Fsp3) is 0.259. The lowest BCUT2D eigenvalue weighted by Gasteiger charge is -2.18. The standard InChI is InChI=1S/C27H27N3O/c1-3-20-11-13-23(14-12-20)29-18-22(16-26(29)31)27-28-24-9-4-5-10-25(24)30(27)17-21-8-6-7-19(2)15-21/h4-15,22H,3,16-18H2,1-2H3/t22-/m1/s1. The van der Waals surface area contributed by atoms with E-state index in [4.69, 9.17) is 4.98 Å². The van der Waals surface area contributed by atoms with Crippen LogP contribution < -0.4 is 4.90 Å². The average molecular weight is 410 g/mol. The summed E-state index contributed by atoms with van der Waals surface area (Å²) in [4.78, 5) is 19.8. The number of fused-ring (bicyclic) bond motifs is 1. The highest BCUT2D eigenvalue weighted by Crippen LogP contribution is 2.33. The summed E-state index contributed by atoms with van der Waals surface area (Å²) in [7, 11) is 0. The van der Waals surface area contributed by atoms with Gasteiger partial charge in [0.2, 0.25) is 5.91 Å². The topological polar surface area (TPSA) is 38.1 Å². The largest absolute Gasteiger partial charge is 0.323 e. The lowest BCUT2D eigenvalue weighted by molar-refractivity contribution is -0.117. The third-order valence-electron chi connectivity index (χ3n) is 6.25. The first-order valence-electron chi connectivity index (χ1n) is 11.0. The van der Waals surface area contributed by atoms with Crippen LogP contribution in [0.4, 0.5) is 5.69 Å². The van der Waals surface area contributed by atoms with Crippen molar-refractivity contribution < 1.29 is 4.79 Å². The van der Waals surface area contributed by atoms with Crippen LogP contribution in [0.25, 0.3) is 11.0 Å². The number of carbonyl (C=O) groups excluding carboxylic acids is 1. The van der Waals surface area contributed by atoms with E-state index >= 15 is 0 Å². The Kier molecular flexibility index (Phi) is 5.06. The zero-order valence-corrected chi connectivity index (χ0v) is 18.1. The van der Waals surface area contributed by atoms with Gasteiger partial charge in [0.15, 0.2) is 0 Å². The number of imidazole rings is 1. The second-order valence-corrected chi connectivity index (χ2v) is 8.46. The van der Waals surface area contributed by atoms with Crippen LogP contribution in [0.15, 0.2) is 72.8 Å². The van der Waals surface area contributed by atoms with Gasteiger partial charge in [0.05, 0.1) is 11.0 Å². The molecule has 3 aromatic carbocycles. The van der Waals surface area contributed by atoms with Crippen molar-refractivity contribution in [2.75, 3.05) is 11.4 Å². The van der Waals surface area contributed by atoms with Crippen LogP contribution in [-0.4, -0.2) is 22.0 Å². The molecule has 1 atom stereocenters. The van der Waals surface area contributed by atoms with Crippen molar-refractivity contribution in [3.8, 4) is 0 Å². The highest BCUT2D eigenvalue weighted by Gasteiger charge is 2.34. The molecule has 31 heavy (non-hydrogen) atoms. The van der Waals surface area contributed by atoms with Crippen LogP contribution in [0.1, 0.15) is 41.8 Å². The summed E-state index contributed by atoms with van der Waals surface area (Å²) < 4.78 is 2.30. The second-order valence-electron chi connectivity index (χ2n) is 8.46. The highest BCUT2D eigenvalue weighted by molar-refractivity contribution is 5.96. The predicted octanol–water partition coefficient (Wildman–Crippen LogP) is 5.48. The van der Waals surface area contributed by atoms with E-state index in [2.05, 4.69) is 85.1 Å². The van der Waals surface area contributed by atoms with Crippen molar-refractivity contribution in [2.24, 2.45) is 0 Å². The van der Waals surface area contributed by atoms with Crippen LogP contribution in [-0.2, 0) is 17.8 Å². The van der Waals surface area contributed by atoms with E-state index in [0.29, 0.717) is 13.0 Å². The van der Waals surface area contributed by atoms with Gasteiger partial charge in [-0.05, 0) is 48.7 Å². The highest BCUT2D eigenvalue weighted by atomic mass is 16.2. The zero-order chi connectivity index (χ0) is 21.4. The van der Waals surface area contributed by atoms with Crippen molar-refractivity contribution in [1.29, 1.82) is 0 Å². The molecule has 1 saturated heterocycles. The number of para-hydroxylation sites is 2. The van der Waals surface area contributed by atoms with E-state index in [-0.39, 0.29) is 11.8 Å². The first-order chi connectivity index (χ1) is 15.1. The average Bonchev–Trinajstić information content (AvgIpc) is 3.35. The molecule has 5 rings (SSSR count). The molecule has 4 aromatic rings. The summed E-state index contributed by atoms with van der Waals surface area (Å²) >= 11 is 0. The molecule has 0 bridgehead atoms. The van der Waals surface area contributed by atoms with Crippen LogP contribution in [0.3, 0.4) is 0 Å². The van der Waals surface area contributed by atoms with Crippen molar-refractivity contribution in [1.82, 2.24) is 9.55 Å². The van der Waals surface area contributed by atoms with Crippen molar-refractivity contribution in [3.63, 3.8) is 0 Å². The lowest BCUT2D eigenvalue weighted by Crippen LogP contribution is -2.24. The number of rotatable bonds is 5. The van der Waals surface area contributed by atoms with E-state index in [1.807, 2.05) is 11.0 Å². The molecule has 156 valence electrons. The van der Waals surface area contributed by atoms with Gasteiger partial charge in [-0.1, -0.05) is 61.0 Å². The third kappa shape index (κ3) is 3.74. The Morgan fingerprint density at radius 1 is 0.968 bits per heavy atom. The van der Waals surface area contributed by atoms with Gasteiger partial charge in [0.1, 0.15) is 5.82 Å². The molecule has 0 saturated carbocycles. The molecule has 4 nitrogen and oxygen atoms in total. The van der Waals surface area contributed by atoms with E-state index in [0.717, 1.165) is 35.5 Å². The molecule has 2 heterocycles. The Hall–Kier alpha value is -3.40. The number of hydrogen-bond acceptors (Lipinski definition) is 2. The van der Waals surface area contributed by atoms with Crippen molar-refractivity contribution in [2.45, 2.75) is 39.2 Å². The minimum Gasteiger partial charge on any atom is -0.323 e. The molecular weight excluding hydrogens is 382 g/mol. The summed E-state index contributed by atoms with van der Waals surface area (Å²) in [6, 6.07) is 25.2. The zero-order valence-electron chi connectivity index (χ0n) is 18.1. The maximum atomic E-state index is 12.9. The minimum absolute atomic E-state index is 0.0792. The van der Waals surface area contributed by atoms with Crippen LogP contribution >= 0.6 is 0 Å². The van der Waals surface area contributed by atoms with Crippen LogP contribution in [0.5, 0.6) is 0 Å². The van der Waals surface area contributed by atoms with Gasteiger partial charge in [-0.2, -0.15) is 0 Å². The van der Waals surface area contributed by atoms with Gasteiger partial charge in [0, 0.05) is 31.1 Å². The summed E-state index contributed by atoms with van der Waals surface area (Å²) in [6.45, 7) is 5.69. The van der Waals surface area contributed by atoms with E-state index in [1.54, 1.807) is 0 Å². The number of carbonyl (C=O) groups is 1. The fourth-order valence-electron chi connectivity index (χ4n) is 4.61. The predicted molar refractivity (Wildman–Crippen MR) is 126 cm³/mol. The SMILES string of the molecule is CCc1ccc(N2C[C@H](c3nc4ccccc4n3Cc3cccc(C)c3)CC2=O)cc1. The Labute approximate surface area is 183 Å².